The van der Waals surface area contributed by atoms with Crippen molar-refractivity contribution >= 4 is 22.6 Å². The number of aromatic nitrogens is 3. The van der Waals surface area contributed by atoms with Crippen LogP contribution in [0.25, 0.3) is 11.0 Å². The van der Waals surface area contributed by atoms with E-state index in [1.54, 1.807) is 12.1 Å². The monoisotopic (exact) mass is 209 g/mol. The fraction of sp³-hybridized carbons (Fsp3) is 0.222. The third-order valence-corrected chi connectivity index (χ3v) is 1.91. The van der Waals surface area contributed by atoms with Gasteiger partial charge >= 0.3 is 0 Å². The lowest BCUT2D eigenvalue weighted by Gasteiger charge is -2.03. The van der Waals surface area contributed by atoms with Crippen LogP contribution in [-0.2, 0) is 0 Å². The summed E-state index contributed by atoms with van der Waals surface area (Å²) < 4.78 is 5.30. The Bertz CT molecular complexity index is 461. The van der Waals surface area contributed by atoms with Crippen molar-refractivity contribution < 1.29 is 4.74 Å². The summed E-state index contributed by atoms with van der Waals surface area (Å²) in [7, 11) is 0. The summed E-state index contributed by atoms with van der Waals surface area (Å²) in [4.78, 5) is 12.1. The lowest BCUT2D eigenvalue weighted by atomic mass is 10.3. The van der Waals surface area contributed by atoms with Crippen molar-refractivity contribution in [3.05, 3.63) is 23.6 Å². The Kier molecular flexibility index (Phi) is 2.45. The molecule has 0 radical (unpaired) electrons. The summed E-state index contributed by atoms with van der Waals surface area (Å²) in [5, 5.41) is 0.410. The molecule has 0 saturated carbocycles. The van der Waals surface area contributed by atoms with Gasteiger partial charge in [0.25, 0.3) is 0 Å². The largest absolute Gasteiger partial charge is 0.476 e. The van der Waals surface area contributed by atoms with E-state index in [9.17, 15) is 0 Å². The summed E-state index contributed by atoms with van der Waals surface area (Å²) in [6.07, 6.45) is 1.45. The Morgan fingerprint density at radius 1 is 1.36 bits per heavy atom. The van der Waals surface area contributed by atoms with E-state index in [2.05, 4.69) is 15.0 Å². The predicted molar refractivity (Wildman–Crippen MR) is 53.5 cm³/mol. The average molecular weight is 210 g/mol. The zero-order valence-corrected chi connectivity index (χ0v) is 8.32. The zero-order valence-electron chi connectivity index (χ0n) is 7.57. The van der Waals surface area contributed by atoms with E-state index < -0.39 is 0 Å². The summed E-state index contributed by atoms with van der Waals surface area (Å²) in [5.74, 6) is 0.472. The van der Waals surface area contributed by atoms with Crippen molar-refractivity contribution in [3.63, 3.8) is 0 Å². The third kappa shape index (κ3) is 1.61. The molecule has 14 heavy (non-hydrogen) atoms. The van der Waals surface area contributed by atoms with Gasteiger partial charge in [-0.3, -0.25) is 0 Å². The fourth-order valence-electron chi connectivity index (χ4n) is 1.14. The van der Waals surface area contributed by atoms with E-state index in [-0.39, 0.29) is 0 Å². The van der Waals surface area contributed by atoms with E-state index in [1.165, 1.54) is 6.33 Å². The second-order valence-corrected chi connectivity index (χ2v) is 3.00. The van der Waals surface area contributed by atoms with E-state index in [0.29, 0.717) is 23.2 Å². The van der Waals surface area contributed by atoms with Crippen molar-refractivity contribution in [2.75, 3.05) is 6.61 Å². The molecule has 0 spiro atoms. The first kappa shape index (κ1) is 9.15. The number of ether oxygens (including phenoxy) is 1. The van der Waals surface area contributed by atoms with E-state index in [4.69, 9.17) is 16.3 Å². The van der Waals surface area contributed by atoms with Crippen LogP contribution in [0.4, 0.5) is 0 Å². The number of halogens is 1. The Morgan fingerprint density at radius 2 is 2.21 bits per heavy atom. The Hall–Kier alpha value is -1.42. The second-order valence-electron chi connectivity index (χ2n) is 2.61. The van der Waals surface area contributed by atoms with Gasteiger partial charge in [0.1, 0.15) is 11.5 Å². The zero-order chi connectivity index (χ0) is 9.97. The van der Waals surface area contributed by atoms with Crippen LogP contribution in [0.1, 0.15) is 6.92 Å². The van der Waals surface area contributed by atoms with Crippen LogP contribution >= 0.6 is 11.6 Å². The molecule has 0 unspecified atom stereocenters. The normalized spacial score (nSPS) is 10.4. The molecule has 2 rings (SSSR count). The molecule has 2 aromatic rings. The molecule has 0 amide bonds. The molecule has 5 heteroatoms. The first-order chi connectivity index (χ1) is 6.81. The van der Waals surface area contributed by atoms with Gasteiger partial charge in [-0.1, -0.05) is 11.6 Å². The molecule has 0 aromatic carbocycles. The number of rotatable bonds is 2. The molecule has 0 fully saturated rings. The van der Waals surface area contributed by atoms with E-state index >= 15 is 0 Å². The lowest BCUT2D eigenvalue weighted by molar-refractivity contribution is 0.330. The Labute approximate surface area is 85.9 Å². The molecule has 2 aromatic heterocycles. The van der Waals surface area contributed by atoms with Crippen LogP contribution in [0.2, 0.25) is 5.15 Å². The average Bonchev–Trinajstić information content (AvgIpc) is 2.19. The van der Waals surface area contributed by atoms with Crippen molar-refractivity contribution in [1.29, 1.82) is 0 Å². The van der Waals surface area contributed by atoms with Crippen molar-refractivity contribution in [2.24, 2.45) is 0 Å². The molecule has 72 valence electrons. The minimum Gasteiger partial charge on any atom is -0.476 e. The van der Waals surface area contributed by atoms with Gasteiger partial charge in [0.15, 0.2) is 5.52 Å². The Morgan fingerprint density at radius 3 is 3.00 bits per heavy atom. The minimum atomic E-state index is 0.410. The number of hydrogen-bond donors (Lipinski definition) is 0. The second kappa shape index (κ2) is 3.75. The number of nitrogens with zero attached hydrogens (tertiary/aromatic N) is 3. The van der Waals surface area contributed by atoms with Gasteiger partial charge in [-0.15, -0.1) is 0 Å². The first-order valence-corrected chi connectivity index (χ1v) is 4.59. The van der Waals surface area contributed by atoms with Crippen LogP contribution in [0.15, 0.2) is 18.5 Å². The topological polar surface area (TPSA) is 47.9 Å². The molecule has 0 N–H and O–H groups in total. The fourth-order valence-corrected chi connectivity index (χ4v) is 1.28. The maximum absolute atomic E-state index is 5.77. The van der Waals surface area contributed by atoms with Crippen LogP contribution in [0.5, 0.6) is 5.88 Å². The maximum Gasteiger partial charge on any atom is 0.243 e. The van der Waals surface area contributed by atoms with Crippen molar-refractivity contribution in [2.45, 2.75) is 6.92 Å². The Balaban J connectivity index is 2.64. The van der Waals surface area contributed by atoms with Crippen LogP contribution in [-0.4, -0.2) is 21.6 Å². The smallest absolute Gasteiger partial charge is 0.243 e. The quantitative estimate of drug-likeness (QED) is 0.711. The third-order valence-electron chi connectivity index (χ3n) is 1.70. The highest BCUT2D eigenvalue weighted by molar-refractivity contribution is 6.29. The SMILES string of the molecule is CCOc1ncnc2ccc(Cl)nc12. The molecule has 0 saturated heterocycles. The molecular weight excluding hydrogens is 202 g/mol. The van der Waals surface area contributed by atoms with Gasteiger partial charge in [0, 0.05) is 0 Å². The van der Waals surface area contributed by atoms with Gasteiger partial charge in [0.2, 0.25) is 5.88 Å². The maximum atomic E-state index is 5.77. The van der Waals surface area contributed by atoms with Gasteiger partial charge in [-0.05, 0) is 19.1 Å². The molecule has 2 heterocycles. The molecule has 4 nitrogen and oxygen atoms in total. The minimum absolute atomic E-state index is 0.410. The summed E-state index contributed by atoms with van der Waals surface area (Å²) in [5.41, 5.74) is 1.33. The molecule has 0 aliphatic heterocycles. The number of hydrogen-bond acceptors (Lipinski definition) is 4. The van der Waals surface area contributed by atoms with Crippen molar-refractivity contribution in [1.82, 2.24) is 15.0 Å². The predicted octanol–water partition coefficient (Wildman–Crippen LogP) is 2.08. The molecule has 0 atom stereocenters. The van der Waals surface area contributed by atoms with E-state index in [0.717, 1.165) is 5.52 Å². The van der Waals surface area contributed by atoms with Gasteiger partial charge in [-0.25, -0.2) is 9.97 Å². The first-order valence-electron chi connectivity index (χ1n) is 4.21. The highest BCUT2D eigenvalue weighted by Crippen LogP contribution is 2.20. The van der Waals surface area contributed by atoms with Crippen molar-refractivity contribution in [3.8, 4) is 5.88 Å². The van der Waals surface area contributed by atoms with Crippen LogP contribution in [0, 0.1) is 0 Å². The highest BCUT2D eigenvalue weighted by atomic mass is 35.5. The van der Waals surface area contributed by atoms with Crippen LogP contribution in [0.3, 0.4) is 0 Å². The summed E-state index contributed by atoms with van der Waals surface area (Å²) in [6.45, 7) is 2.43. The van der Waals surface area contributed by atoms with E-state index in [1.807, 2.05) is 6.92 Å². The standard InChI is InChI=1S/C9H8ClN3O/c1-2-14-9-8-6(11-5-12-9)3-4-7(10)13-8/h3-5H,2H2,1H3. The molecular formula is C9H8ClN3O. The number of fused-ring (bicyclic) bond motifs is 1. The number of pyridine rings is 1. The van der Waals surface area contributed by atoms with Gasteiger partial charge in [0.05, 0.1) is 12.1 Å². The van der Waals surface area contributed by atoms with Crippen LogP contribution < -0.4 is 4.74 Å². The summed E-state index contributed by atoms with van der Waals surface area (Å²) >= 11 is 5.77. The van der Waals surface area contributed by atoms with Gasteiger partial charge < -0.3 is 4.74 Å². The molecule has 0 aliphatic rings. The lowest BCUT2D eigenvalue weighted by Crippen LogP contribution is -1.97. The highest BCUT2D eigenvalue weighted by Gasteiger charge is 2.05. The summed E-state index contributed by atoms with van der Waals surface area (Å²) in [6, 6.07) is 3.47. The molecule has 0 aliphatic carbocycles. The molecule has 0 bridgehead atoms. The van der Waals surface area contributed by atoms with Gasteiger partial charge in [-0.2, -0.15) is 4.98 Å².